The number of ether oxygens (including phenoxy) is 1. The number of fused-ring (bicyclic) bond motifs is 3. The van der Waals surface area contributed by atoms with E-state index in [1.165, 1.54) is 22.4 Å². The lowest BCUT2D eigenvalue weighted by atomic mass is 10.1. The van der Waals surface area contributed by atoms with Crippen molar-refractivity contribution < 1.29 is 24.5 Å². The summed E-state index contributed by atoms with van der Waals surface area (Å²) in [6.07, 6.45) is 4.27. The van der Waals surface area contributed by atoms with Crippen LogP contribution in [-0.2, 0) is 22.6 Å². The van der Waals surface area contributed by atoms with Crippen molar-refractivity contribution in [2.45, 2.75) is 25.9 Å². The minimum Gasteiger partial charge on any atom is -0.497 e. The zero-order valence-corrected chi connectivity index (χ0v) is 14.7. The molecule has 1 aliphatic rings. The Morgan fingerprint density at radius 1 is 1.23 bits per heavy atom. The van der Waals surface area contributed by atoms with E-state index in [0.717, 1.165) is 18.7 Å². The summed E-state index contributed by atoms with van der Waals surface area (Å²) in [5, 5.41) is 15.6. The van der Waals surface area contributed by atoms with Crippen LogP contribution in [0.1, 0.15) is 18.1 Å². The monoisotopic (exact) mass is 358 g/mol. The first-order valence-corrected chi connectivity index (χ1v) is 8.06. The summed E-state index contributed by atoms with van der Waals surface area (Å²) in [4.78, 5) is 19.1. The van der Waals surface area contributed by atoms with E-state index in [0.29, 0.717) is 12.2 Å². The van der Waals surface area contributed by atoms with Crippen LogP contribution in [0.3, 0.4) is 0 Å². The number of carboxylic acid groups (broad SMARTS) is 2. The predicted octanol–water partition coefficient (Wildman–Crippen LogP) is 2.13. The molecule has 2 aromatic rings. The number of benzene rings is 1. The molecule has 0 spiro atoms. The first kappa shape index (κ1) is 19.3. The summed E-state index contributed by atoms with van der Waals surface area (Å²) in [6.45, 7) is 2.89. The number of carbonyl (C=O) groups is 2. The quantitative estimate of drug-likeness (QED) is 0.602. The van der Waals surface area contributed by atoms with Crippen LogP contribution in [0, 0.1) is 0 Å². The number of methoxy groups -OCH3 is 1. The summed E-state index contributed by atoms with van der Waals surface area (Å²) < 4.78 is 7.57. The van der Waals surface area contributed by atoms with E-state index in [1.54, 1.807) is 7.11 Å². The second kappa shape index (κ2) is 8.35. The fourth-order valence-electron chi connectivity index (χ4n) is 2.86. The maximum atomic E-state index is 9.55. The van der Waals surface area contributed by atoms with Crippen LogP contribution in [0.25, 0.3) is 11.3 Å². The number of aromatic nitrogens is 1. The van der Waals surface area contributed by atoms with Crippen LogP contribution < -0.4 is 10.5 Å². The molecular formula is C19H22N2O5. The Morgan fingerprint density at radius 2 is 1.88 bits per heavy atom. The standard InChI is InChI=1S/C15H18N2O.C4H4O4/c1-10(16)9-17-6-5-12-7-11-3-4-13(18-2)8-14(11)15(12)17;5-3(6)1-2-4(7)8/h3-6,8,10H,7,9,16H2,1-2H3;1-2H,(H,5,6)(H,7,8). The van der Waals surface area contributed by atoms with E-state index in [1.807, 2.05) is 13.0 Å². The molecule has 0 saturated carbocycles. The molecule has 0 fully saturated rings. The molecule has 7 heteroatoms. The average Bonchev–Trinajstić information content (AvgIpc) is 3.12. The third kappa shape index (κ3) is 4.73. The Kier molecular flexibility index (Phi) is 6.19. The molecule has 1 aromatic carbocycles. The molecule has 1 aliphatic carbocycles. The van der Waals surface area contributed by atoms with Crippen LogP contribution in [-0.4, -0.2) is 39.9 Å². The van der Waals surface area contributed by atoms with Crippen molar-refractivity contribution in [1.82, 2.24) is 4.57 Å². The third-order valence-electron chi connectivity index (χ3n) is 3.85. The molecule has 0 aliphatic heterocycles. The molecule has 0 radical (unpaired) electrons. The van der Waals surface area contributed by atoms with Crippen LogP contribution in [0.5, 0.6) is 5.75 Å². The number of hydrogen-bond donors (Lipinski definition) is 3. The van der Waals surface area contributed by atoms with Gasteiger partial charge in [-0.05, 0) is 36.2 Å². The van der Waals surface area contributed by atoms with Gasteiger partial charge in [0.1, 0.15) is 5.75 Å². The van der Waals surface area contributed by atoms with Gasteiger partial charge in [0.25, 0.3) is 0 Å². The topological polar surface area (TPSA) is 115 Å². The smallest absolute Gasteiger partial charge is 0.328 e. The maximum Gasteiger partial charge on any atom is 0.328 e. The van der Waals surface area contributed by atoms with Crippen LogP contribution in [0.4, 0.5) is 0 Å². The molecular weight excluding hydrogens is 336 g/mol. The summed E-state index contributed by atoms with van der Waals surface area (Å²) >= 11 is 0. The van der Waals surface area contributed by atoms with Crippen molar-refractivity contribution in [3.05, 3.63) is 53.7 Å². The molecule has 0 saturated heterocycles. The molecule has 26 heavy (non-hydrogen) atoms. The van der Waals surface area contributed by atoms with Crippen molar-refractivity contribution in [3.63, 3.8) is 0 Å². The van der Waals surface area contributed by atoms with Crippen LogP contribution in [0.15, 0.2) is 42.6 Å². The molecule has 0 amide bonds. The fourth-order valence-corrected chi connectivity index (χ4v) is 2.86. The Bertz CT molecular complexity index is 820. The number of rotatable bonds is 5. The first-order chi connectivity index (χ1) is 12.3. The Hall–Kier alpha value is -3.06. The first-order valence-electron chi connectivity index (χ1n) is 8.06. The Labute approximate surface area is 151 Å². The van der Waals surface area contributed by atoms with Gasteiger partial charge < -0.3 is 25.3 Å². The molecule has 1 heterocycles. The highest BCUT2D eigenvalue weighted by atomic mass is 16.5. The highest BCUT2D eigenvalue weighted by Gasteiger charge is 2.22. The number of aliphatic carboxylic acids is 2. The molecule has 1 aromatic heterocycles. The maximum absolute atomic E-state index is 9.55. The highest BCUT2D eigenvalue weighted by molar-refractivity contribution is 5.89. The normalized spacial score (nSPS) is 12.7. The van der Waals surface area contributed by atoms with Gasteiger partial charge in [-0.3, -0.25) is 0 Å². The minimum absolute atomic E-state index is 0.163. The van der Waals surface area contributed by atoms with E-state index < -0.39 is 11.9 Å². The van der Waals surface area contributed by atoms with E-state index in [4.69, 9.17) is 20.7 Å². The van der Waals surface area contributed by atoms with E-state index in [-0.39, 0.29) is 6.04 Å². The van der Waals surface area contributed by atoms with Gasteiger partial charge in [0.05, 0.1) is 12.8 Å². The van der Waals surface area contributed by atoms with Gasteiger partial charge in [0.2, 0.25) is 0 Å². The van der Waals surface area contributed by atoms with E-state index >= 15 is 0 Å². The van der Waals surface area contributed by atoms with Gasteiger partial charge in [-0.25, -0.2) is 9.59 Å². The molecule has 138 valence electrons. The van der Waals surface area contributed by atoms with Crippen molar-refractivity contribution in [2.24, 2.45) is 5.73 Å². The summed E-state index contributed by atoms with van der Waals surface area (Å²) in [5.74, 6) is -1.60. The van der Waals surface area contributed by atoms with Gasteiger partial charge in [0.15, 0.2) is 0 Å². The predicted molar refractivity (Wildman–Crippen MR) is 97.3 cm³/mol. The zero-order valence-electron chi connectivity index (χ0n) is 14.7. The summed E-state index contributed by atoms with van der Waals surface area (Å²) in [6, 6.07) is 8.67. The second-order valence-electron chi connectivity index (χ2n) is 6.03. The number of carboxylic acids is 2. The molecule has 4 N–H and O–H groups in total. The van der Waals surface area contributed by atoms with E-state index in [2.05, 4.69) is 29.0 Å². The van der Waals surface area contributed by atoms with Crippen molar-refractivity contribution in [2.75, 3.05) is 7.11 Å². The van der Waals surface area contributed by atoms with Gasteiger partial charge in [0, 0.05) is 42.9 Å². The van der Waals surface area contributed by atoms with Crippen molar-refractivity contribution >= 4 is 11.9 Å². The third-order valence-corrected chi connectivity index (χ3v) is 3.85. The minimum atomic E-state index is -1.26. The van der Waals surface area contributed by atoms with Crippen molar-refractivity contribution in [1.29, 1.82) is 0 Å². The lowest BCUT2D eigenvalue weighted by molar-refractivity contribution is -0.134. The zero-order chi connectivity index (χ0) is 19.3. The SMILES string of the molecule is COc1ccc2c(c1)-c1c(ccn1CC(C)N)C2.O=C(O)C=CC(=O)O. The van der Waals surface area contributed by atoms with Crippen LogP contribution in [0.2, 0.25) is 0 Å². The Balaban J connectivity index is 0.000000260. The van der Waals surface area contributed by atoms with Crippen LogP contribution >= 0.6 is 0 Å². The number of hydrogen-bond acceptors (Lipinski definition) is 4. The molecule has 3 rings (SSSR count). The Morgan fingerprint density at radius 3 is 2.42 bits per heavy atom. The molecule has 1 atom stereocenters. The number of nitrogens with zero attached hydrogens (tertiary/aromatic N) is 1. The van der Waals surface area contributed by atoms with Gasteiger partial charge >= 0.3 is 11.9 Å². The number of nitrogens with two attached hydrogens (primary N) is 1. The van der Waals surface area contributed by atoms with Gasteiger partial charge in [-0.1, -0.05) is 6.07 Å². The fraction of sp³-hybridized carbons (Fsp3) is 0.263. The van der Waals surface area contributed by atoms with Crippen molar-refractivity contribution in [3.8, 4) is 17.0 Å². The lowest BCUT2D eigenvalue weighted by Crippen LogP contribution is -2.22. The molecule has 7 nitrogen and oxygen atoms in total. The van der Waals surface area contributed by atoms with Gasteiger partial charge in [-0.15, -0.1) is 0 Å². The largest absolute Gasteiger partial charge is 0.497 e. The molecule has 1 unspecified atom stereocenters. The lowest BCUT2D eigenvalue weighted by Gasteiger charge is -2.12. The second-order valence-corrected chi connectivity index (χ2v) is 6.03. The summed E-state index contributed by atoms with van der Waals surface area (Å²) in [7, 11) is 1.71. The van der Waals surface area contributed by atoms with E-state index in [9.17, 15) is 9.59 Å². The average molecular weight is 358 g/mol. The van der Waals surface area contributed by atoms with Gasteiger partial charge in [-0.2, -0.15) is 0 Å². The molecule has 0 bridgehead atoms. The summed E-state index contributed by atoms with van der Waals surface area (Å²) in [5.41, 5.74) is 11.3. The highest BCUT2D eigenvalue weighted by Crippen LogP contribution is 2.39.